The number of nitrogens with one attached hydrogen (secondary N) is 2. The Morgan fingerprint density at radius 3 is 2.26 bits per heavy atom. The van der Waals surface area contributed by atoms with Crippen LogP contribution in [0.25, 0.3) is 0 Å². The highest BCUT2D eigenvalue weighted by Gasteiger charge is 2.11. The van der Waals surface area contributed by atoms with Gasteiger partial charge in [-0.1, -0.05) is 32.0 Å². The number of rotatable bonds is 6. The van der Waals surface area contributed by atoms with Gasteiger partial charge in [-0.2, -0.15) is 0 Å². The van der Waals surface area contributed by atoms with Crippen LogP contribution in [0.2, 0.25) is 0 Å². The average molecular weight is 362 g/mol. The molecule has 5 nitrogen and oxygen atoms in total. The van der Waals surface area contributed by atoms with Gasteiger partial charge in [0.25, 0.3) is 11.8 Å². The van der Waals surface area contributed by atoms with Crippen LogP contribution in [0, 0.1) is 0 Å². The maximum atomic E-state index is 12.5. The predicted molar refractivity (Wildman–Crippen MR) is 105 cm³/mol. The molecule has 2 N–H and O–H groups in total. The van der Waals surface area contributed by atoms with Crippen molar-refractivity contribution in [3.8, 4) is 0 Å². The average Bonchev–Trinajstić information content (AvgIpc) is 3.20. The lowest BCUT2D eigenvalue weighted by Crippen LogP contribution is -2.23. The molecular formula is C22H22N2O3. The van der Waals surface area contributed by atoms with E-state index in [1.54, 1.807) is 42.7 Å². The number of anilines is 1. The van der Waals surface area contributed by atoms with E-state index in [4.69, 9.17) is 4.42 Å². The Morgan fingerprint density at radius 1 is 0.926 bits per heavy atom. The molecule has 0 aliphatic rings. The maximum absolute atomic E-state index is 12.5. The van der Waals surface area contributed by atoms with Crippen molar-refractivity contribution in [2.75, 3.05) is 5.32 Å². The Bertz CT molecular complexity index is 913. The molecule has 0 atom stereocenters. The molecule has 1 aromatic heterocycles. The van der Waals surface area contributed by atoms with E-state index >= 15 is 0 Å². The van der Waals surface area contributed by atoms with E-state index in [2.05, 4.69) is 24.5 Å². The van der Waals surface area contributed by atoms with E-state index in [9.17, 15) is 9.59 Å². The summed E-state index contributed by atoms with van der Waals surface area (Å²) in [4.78, 5) is 24.8. The van der Waals surface area contributed by atoms with Crippen LogP contribution in [0.4, 0.5) is 5.69 Å². The van der Waals surface area contributed by atoms with Crippen LogP contribution in [-0.2, 0) is 6.54 Å². The second-order valence-corrected chi connectivity index (χ2v) is 6.57. The fraction of sp³-hybridized carbons (Fsp3) is 0.182. The summed E-state index contributed by atoms with van der Waals surface area (Å²) in [7, 11) is 0. The SMILES string of the molecule is CC(C)c1ccc(NC(=O)c2cccc(C(=O)NCc3ccco3)c2)cc1. The lowest BCUT2D eigenvalue weighted by Gasteiger charge is -2.09. The molecule has 1 heterocycles. The summed E-state index contributed by atoms with van der Waals surface area (Å²) < 4.78 is 5.19. The van der Waals surface area contributed by atoms with Crippen LogP contribution in [0.5, 0.6) is 0 Å². The number of benzene rings is 2. The molecule has 0 radical (unpaired) electrons. The molecule has 2 aromatic carbocycles. The summed E-state index contributed by atoms with van der Waals surface area (Å²) >= 11 is 0. The van der Waals surface area contributed by atoms with Crippen molar-refractivity contribution in [3.63, 3.8) is 0 Å². The van der Waals surface area contributed by atoms with Gasteiger partial charge in [-0.3, -0.25) is 9.59 Å². The quantitative estimate of drug-likeness (QED) is 0.674. The molecule has 0 spiro atoms. The third kappa shape index (κ3) is 4.85. The van der Waals surface area contributed by atoms with Crippen LogP contribution in [0.1, 0.15) is 51.8 Å². The smallest absolute Gasteiger partial charge is 0.255 e. The van der Waals surface area contributed by atoms with E-state index in [1.165, 1.54) is 5.56 Å². The fourth-order valence-electron chi connectivity index (χ4n) is 2.64. The van der Waals surface area contributed by atoms with Crippen LogP contribution in [-0.4, -0.2) is 11.8 Å². The van der Waals surface area contributed by atoms with E-state index in [0.29, 0.717) is 29.3 Å². The van der Waals surface area contributed by atoms with Gasteiger partial charge in [0.2, 0.25) is 0 Å². The zero-order chi connectivity index (χ0) is 19.2. The predicted octanol–water partition coefficient (Wildman–Crippen LogP) is 4.59. The van der Waals surface area contributed by atoms with Crippen molar-refractivity contribution in [2.45, 2.75) is 26.3 Å². The number of hydrogen-bond acceptors (Lipinski definition) is 3. The lowest BCUT2D eigenvalue weighted by atomic mass is 10.0. The number of carbonyl (C=O) groups excluding carboxylic acids is 2. The van der Waals surface area contributed by atoms with Gasteiger partial charge in [0, 0.05) is 16.8 Å². The highest BCUT2D eigenvalue weighted by molar-refractivity contribution is 6.06. The molecule has 0 aliphatic carbocycles. The zero-order valence-electron chi connectivity index (χ0n) is 15.4. The van der Waals surface area contributed by atoms with Gasteiger partial charge in [-0.05, 0) is 53.9 Å². The summed E-state index contributed by atoms with van der Waals surface area (Å²) in [5.41, 5.74) is 2.78. The van der Waals surface area contributed by atoms with Crippen molar-refractivity contribution < 1.29 is 14.0 Å². The molecular weight excluding hydrogens is 340 g/mol. The summed E-state index contributed by atoms with van der Waals surface area (Å²) in [6.07, 6.45) is 1.56. The number of hydrogen-bond donors (Lipinski definition) is 2. The summed E-state index contributed by atoms with van der Waals surface area (Å²) in [5.74, 6) is 0.587. The van der Waals surface area contributed by atoms with E-state index in [1.807, 2.05) is 24.3 Å². The third-order valence-electron chi connectivity index (χ3n) is 4.23. The molecule has 0 fully saturated rings. The first kappa shape index (κ1) is 18.5. The standard InChI is InChI=1S/C22H22N2O3/c1-15(2)16-8-10-19(11-9-16)24-22(26)18-6-3-5-17(13-18)21(25)23-14-20-7-4-12-27-20/h3-13,15H,14H2,1-2H3,(H,23,25)(H,24,26). The molecule has 0 bridgehead atoms. The lowest BCUT2D eigenvalue weighted by molar-refractivity contribution is 0.0948. The largest absolute Gasteiger partial charge is 0.467 e. The molecule has 3 rings (SSSR count). The van der Waals surface area contributed by atoms with Crippen LogP contribution in [0.3, 0.4) is 0 Å². The second-order valence-electron chi connectivity index (χ2n) is 6.57. The molecule has 0 saturated carbocycles. The van der Waals surface area contributed by atoms with Gasteiger partial charge in [0.15, 0.2) is 0 Å². The number of carbonyl (C=O) groups is 2. The summed E-state index contributed by atoms with van der Waals surface area (Å²) in [6.45, 7) is 4.54. The Hall–Kier alpha value is -3.34. The van der Waals surface area contributed by atoms with E-state index in [0.717, 1.165) is 5.69 Å². The molecule has 3 aromatic rings. The molecule has 0 unspecified atom stereocenters. The highest BCUT2D eigenvalue weighted by Crippen LogP contribution is 2.18. The van der Waals surface area contributed by atoms with Gasteiger partial charge in [-0.15, -0.1) is 0 Å². The third-order valence-corrected chi connectivity index (χ3v) is 4.23. The Labute approximate surface area is 158 Å². The van der Waals surface area contributed by atoms with Gasteiger partial charge >= 0.3 is 0 Å². The van der Waals surface area contributed by atoms with Crippen LogP contribution >= 0.6 is 0 Å². The summed E-state index contributed by atoms with van der Waals surface area (Å²) in [5, 5.41) is 5.63. The van der Waals surface area contributed by atoms with E-state index in [-0.39, 0.29) is 11.8 Å². The van der Waals surface area contributed by atoms with Crippen molar-refractivity contribution in [1.29, 1.82) is 0 Å². The second kappa shape index (κ2) is 8.36. The molecule has 2 amide bonds. The number of amides is 2. The minimum atomic E-state index is -0.262. The summed E-state index contributed by atoms with van der Waals surface area (Å²) in [6, 6.07) is 17.9. The first-order chi connectivity index (χ1) is 13.0. The fourth-order valence-corrected chi connectivity index (χ4v) is 2.64. The Morgan fingerprint density at radius 2 is 1.63 bits per heavy atom. The van der Waals surface area contributed by atoms with Crippen molar-refractivity contribution in [3.05, 3.63) is 89.4 Å². The maximum Gasteiger partial charge on any atom is 0.255 e. The van der Waals surface area contributed by atoms with Gasteiger partial charge in [0.05, 0.1) is 12.8 Å². The van der Waals surface area contributed by atoms with Gasteiger partial charge in [-0.25, -0.2) is 0 Å². The Kier molecular flexibility index (Phi) is 5.71. The number of furan rings is 1. The molecule has 0 aliphatic heterocycles. The Balaban J connectivity index is 1.65. The topological polar surface area (TPSA) is 71.3 Å². The molecule has 5 heteroatoms. The minimum absolute atomic E-state index is 0.256. The van der Waals surface area contributed by atoms with Gasteiger partial charge < -0.3 is 15.1 Å². The molecule has 27 heavy (non-hydrogen) atoms. The first-order valence-electron chi connectivity index (χ1n) is 8.85. The van der Waals surface area contributed by atoms with Crippen molar-refractivity contribution >= 4 is 17.5 Å². The van der Waals surface area contributed by atoms with E-state index < -0.39 is 0 Å². The molecule has 138 valence electrons. The molecule has 0 saturated heterocycles. The highest BCUT2D eigenvalue weighted by atomic mass is 16.3. The monoisotopic (exact) mass is 362 g/mol. The van der Waals surface area contributed by atoms with Crippen molar-refractivity contribution in [2.24, 2.45) is 0 Å². The van der Waals surface area contributed by atoms with Crippen molar-refractivity contribution in [1.82, 2.24) is 5.32 Å². The zero-order valence-corrected chi connectivity index (χ0v) is 15.4. The normalized spacial score (nSPS) is 10.6. The van der Waals surface area contributed by atoms with Crippen LogP contribution in [0.15, 0.2) is 71.3 Å². The van der Waals surface area contributed by atoms with Crippen LogP contribution < -0.4 is 10.6 Å². The minimum Gasteiger partial charge on any atom is -0.467 e. The first-order valence-corrected chi connectivity index (χ1v) is 8.85. The van der Waals surface area contributed by atoms with Gasteiger partial charge in [0.1, 0.15) is 5.76 Å².